The summed E-state index contributed by atoms with van der Waals surface area (Å²) in [6.07, 6.45) is 2.85. The zero-order chi connectivity index (χ0) is 15.2. The highest BCUT2D eigenvalue weighted by atomic mass is 19.1. The van der Waals surface area contributed by atoms with Crippen LogP contribution in [0.4, 0.5) is 4.39 Å². The molecule has 1 aliphatic rings. The maximum absolute atomic E-state index is 14.1. The molecule has 0 heterocycles. The molecule has 0 bridgehead atoms. The number of amides is 1. The van der Waals surface area contributed by atoms with Crippen molar-refractivity contribution < 1.29 is 19.4 Å². The van der Waals surface area contributed by atoms with Crippen molar-refractivity contribution in [3.8, 4) is 11.8 Å². The van der Waals surface area contributed by atoms with Crippen LogP contribution < -0.4 is 0 Å². The zero-order valence-electron chi connectivity index (χ0n) is 11.7. The molecular formula is C16H18FNO3. The number of benzene rings is 1. The van der Waals surface area contributed by atoms with Gasteiger partial charge in [-0.05, 0) is 37.5 Å². The third-order valence-electron chi connectivity index (χ3n) is 3.63. The Kier molecular flexibility index (Phi) is 5.32. The molecule has 1 aromatic carbocycles. The van der Waals surface area contributed by atoms with Gasteiger partial charge in [0.15, 0.2) is 0 Å². The summed E-state index contributed by atoms with van der Waals surface area (Å²) in [7, 11) is 0. The second kappa shape index (κ2) is 7.21. The Bertz CT molecular complexity index is 573. The van der Waals surface area contributed by atoms with Crippen LogP contribution in [0.3, 0.4) is 0 Å². The number of hydrogen-bond donors (Lipinski definition) is 2. The molecule has 1 fully saturated rings. The molecular weight excluding hydrogens is 273 g/mol. The second-order valence-electron chi connectivity index (χ2n) is 4.96. The van der Waals surface area contributed by atoms with Gasteiger partial charge in [0, 0.05) is 18.2 Å². The summed E-state index contributed by atoms with van der Waals surface area (Å²) >= 11 is 0. The first-order valence-corrected chi connectivity index (χ1v) is 6.98. The molecule has 2 N–H and O–H groups in total. The van der Waals surface area contributed by atoms with E-state index < -0.39 is 11.7 Å². The second-order valence-corrected chi connectivity index (χ2v) is 4.96. The Labute approximate surface area is 123 Å². The summed E-state index contributed by atoms with van der Waals surface area (Å²) in [5.41, 5.74) is 0.403. The molecule has 1 amide bonds. The molecule has 21 heavy (non-hydrogen) atoms. The minimum absolute atomic E-state index is 0.00935. The molecule has 1 saturated carbocycles. The normalized spacial score (nSPS) is 14.0. The molecule has 0 radical (unpaired) electrons. The van der Waals surface area contributed by atoms with Gasteiger partial charge in [-0.25, -0.2) is 4.39 Å². The number of carbonyl (C=O) groups is 1. The van der Waals surface area contributed by atoms with Crippen LogP contribution in [0.15, 0.2) is 18.2 Å². The Morgan fingerprint density at radius 2 is 2.14 bits per heavy atom. The van der Waals surface area contributed by atoms with Crippen molar-refractivity contribution in [1.82, 2.24) is 4.90 Å². The lowest BCUT2D eigenvalue weighted by Crippen LogP contribution is -2.45. The van der Waals surface area contributed by atoms with Crippen molar-refractivity contribution in [2.45, 2.75) is 25.3 Å². The van der Waals surface area contributed by atoms with E-state index in [2.05, 4.69) is 11.8 Å². The average Bonchev–Trinajstić information content (AvgIpc) is 2.42. The quantitative estimate of drug-likeness (QED) is 0.818. The van der Waals surface area contributed by atoms with Crippen molar-refractivity contribution in [2.24, 2.45) is 0 Å². The van der Waals surface area contributed by atoms with E-state index in [1.54, 1.807) is 11.0 Å². The topological polar surface area (TPSA) is 60.8 Å². The predicted molar refractivity (Wildman–Crippen MR) is 76.1 cm³/mol. The standard InChI is InChI=1S/C16H18FNO3/c17-15-11-12(3-2-9-19)6-7-14(15)16(21)18(8-10-20)13-4-1-5-13/h6-7,11,13,19-20H,1,4-5,8-10H2. The van der Waals surface area contributed by atoms with Crippen LogP contribution in [0.1, 0.15) is 35.2 Å². The highest BCUT2D eigenvalue weighted by Crippen LogP contribution is 2.26. The van der Waals surface area contributed by atoms with Gasteiger partial charge in [-0.15, -0.1) is 0 Å². The van der Waals surface area contributed by atoms with E-state index >= 15 is 0 Å². The van der Waals surface area contributed by atoms with Crippen LogP contribution in [0.2, 0.25) is 0 Å². The first-order valence-electron chi connectivity index (χ1n) is 6.98. The minimum Gasteiger partial charge on any atom is -0.395 e. The Morgan fingerprint density at radius 1 is 1.38 bits per heavy atom. The molecule has 0 aliphatic heterocycles. The van der Waals surface area contributed by atoms with Gasteiger partial charge in [0.2, 0.25) is 0 Å². The van der Waals surface area contributed by atoms with Gasteiger partial charge in [0.25, 0.3) is 5.91 Å². The largest absolute Gasteiger partial charge is 0.395 e. The molecule has 0 spiro atoms. The highest BCUT2D eigenvalue weighted by molar-refractivity contribution is 5.95. The van der Waals surface area contributed by atoms with E-state index in [1.807, 2.05) is 0 Å². The van der Waals surface area contributed by atoms with Gasteiger partial charge in [-0.2, -0.15) is 0 Å². The van der Waals surface area contributed by atoms with Crippen LogP contribution in [-0.2, 0) is 0 Å². The van der Waals surface area contributed by atoms with E-state index in [9.17, 15) is 9.18 Å². The van der Waals surface area contributed by atoms with Crippen molar-refractivity contribution in [2.75, 3.05) is 19.8 Å². The maximum atomic E-state index is 14.1. The molecule has 2 rings (SSSR count). The minimum atomic E-state index is -0.632. The summed E-state index contributed by atoms with van der Waals surface area (Å²) in [6.45, 7) is -0.215. The van der Waals surface area contributed by atoms with Crippen LogP contribution >= 0.6 is 0 Å². The van der Waals surface area contributed by atoms with Gasteiger partial charge in [0.1, 0.15) is 12.4 Å². The third kappa shape index (κ3) is 3.60. The van der Waals surface area contributed by atoms with Crippen LogP contribution in [-0.4, -0.2) is 46.8 Å². The summed E-state index contributed by atoms with van der Waals surface area (Å²) in [5.74, 6) is 4.00. The molecule has 112 valence electrons. The van der Waals surface area contributed by atoms with E-state index in [1.165, 1.54) is 12.1 Å². The number of nitrogens with zero attached hydrogens (tertiary/aromatic N) is 1. The van der Waals surface area contributed by atoms with Gasteiger partial charge in [-0.1, -0.05) is 11.8 Å². The van der Waals surface area contributed by atoms with Gasteiger partial charge >= 0.3 is 0 Å². The fraction of sp³-hybridized carbons (Fsp3) is 0.438. The summed E-state index contributed by atoms with van der Waals surface area (Å²) in [5, 5.41) is 17.7. The van der Waals surface area contributed by atoms with Crippen LogP contribution in [0.5, 0.6) is 0 Å². The SMILES string of the molecule is O=C(c1ccc(C#CCO)cc1F)N(CCO)C1CCC1. The average molecular weight is 291 g/mol. The monoisotopic (exact) mass is 291 g/mol. The summed E-state index contributed by atoms with van der Waals surface area (Å²) < 4.78 is 14.1. The fourth-order valence-electron chi connectivity index (χ4n) is 2.32. The smallest absolute Gasteiger partial charge is 0.257 e. The van der Waals surface area contributed by atoms with Gasteiger partial charge in [-0.3, -0.25) is 4.79 Å². The molecule has 1 aliphatic carbocycles. The number of halogens is 1. The highest BCUT2D eigenvalue weighted by Gasteiger charge is 2.30. The lowest BCUT2D eigenvalue weighted by molar-refractivity contribution is 0.0521. The van der Waals surface area contributed by atoms with Gasteiger partial charge in [0.05, 0.1) is 12.2 Å². The number of hydrogen-bond acceptors (Lipinski definition) is 3. The summed E-state index contributed by atoms with van der Waals surface area (Å²) in [6, 6.07) is 4.24. The summed E-state index contributed by atoms with van der Waals surface area (Å²) in [4.78, 5) is 14.0. The van der Waals surface area contributed by atoms with Crippen LogP contribution in [0, 0.1) is 17.7 Å². The fourth-order valence-corrected chi connectivity index (χ4v) is 2.32. The first-order chi connectivity index (χ1) is 10.2. The Balaban J connectivity index is 2.20. The molecule has 1 aromatic rings. The number of carbonyl (C=O) groups excluding carboxylic acids is 1. The number of rotatable bonds is 4. The van der Waals surface area contributed by atoms with Gasteiger partial charge < -0.3 is 15.1 Å². The Hall–Kier alpha value is -1.90. The van der Waals surface area contributed by atoms with Crippen molar-refractivity contribution in [3.05, 3.63) is 35.1 Å². The van der Waals surface area contributed by atoms with E-state index in [-0.39, 0.29) is 31.4 Å². The van der Waals surface area contributed by atoms with Crippen molar-refractivity contribution in [1.29, 1.82) is 0 Å². The van der Waals surface area contributed by atoms with Crippen molar-refractivity contribution in [3.63, 3.8) is 0 Å². The molecule has 0 saturated heterocycles. The predicted octanol–water partition coefficient (Wildman–Crippen LogP) is 1.16. The molecule has 0 aromatic heterocycles. The van der Waals surface area contributed by atoms with E-state index in [0.717, 1.165) is 19.3 Å². The lowest BCUT2D eigenvalue weighted by Gasteiger charge is -2.37. The molecule has 4 nitrogen and oxygen atoms in total. The van der Waals surface area contributed by atoms with Crippen molar-refractivity contribution >= 4 is 5.91 Å². The number of aliphatic hydroxyl groups is 2. The first kappa shape index (κ1) is 15.5. The molecule has 0 atom stereocenters. The van der Waals surface area contributed by atoms with E-state index in [0.29, 0.717) is 5.56 Å². The van der Waals surface area contributed by atoms with Crippen LogP contribution in [0.25, 0.3) is 0 Å². The zero-order valence-corrected chi connectivity index (χ0v) is 11.7. The maximum Gasteiger partial charge on any atom is 0.257 e. The third-order valence-corrected chi connectivity index (χ3v) is 3.63. The molecule has 5 heteroatoms. The molecule has 0 unspecified atom stereocenters. The number of aliphatic hydroxyl groups excluding tert-OH is 2. The Morgan fingerprint density at radius 3 is 2.67 bits per heavy atom. The van der Waals surface area contributed by atoms with E-state index in [4.69, 9.17) is 10.2 Å². The lowest BCUT2D eigenvalue weighted by atomic mass is 9.91.